The molecule has 5 nitrogen and oxygen atoms in total. The van der Waals surface area contributed by atoms with Crippen LogP contribution in [-0.2, 0) is 14.4 Å². The van der Waals surface area contributed by atoms with Crippen LogP contribution in [0.3, 0.4) is 0 Å². The van der Waals surface area contributed by atoms with E-state index in [4.69, 9.17) is 5.11 Å². The lowest BCUT2D eigenvalue weighted by molar-refractivity contribution is -0.140. The molecule has 1 aliphatic heterocycles. The molecule has 82 valence electrons. The molecule has 0 radical (unpaired) electrons. The van der Waals surface area contributed by atoms with Crippen LogP contribution in [0.15, 0.2) is 12.2 Å². The Hall–Kier alpha value is -1.65. The minimum Gasteiger partial charge on any atom is -0.478 e. The van der Waals surface area contributed by atoms with Crippen molar-refractivity contribution in [1.29, 1.82) is 0 Å². The number of carbonyl (C=O) groups is 3. The van der Waals surface area contributed by atoms with Gasteiger partial charge in [-0.2, -0.15) is 0 Å². The zero-order valence-electron chi connectivity index (χ0n) is 8.74. The van der Waals surface area contributed by atoms with E-state index in [2.05, 4.69) is 6.58 Å². The molecular formula is C10H13NO4. The normalized spacial score (nSPS) is 19.5. The number of imide groups is 1. The Bertz CT molecular complexity index is 356. The Labute approximate surface area is 87.4 Å². The summed E-state index contributed by atoms with van der Waals surface area (Å²) in [6, 6.07) is 0. The second kappa shape index (κ2) is 3.49. The third-order valence-electron chi connectivity index (χ3n) is 2.37. The lowest BCUT2D eigenvalue weighted by Crippen LogP contribution is -2.35. The highest BCUT2D eigenvalue weighted by atomic mass is 16.4. The van der Waals surface area contributed by atoms with E-state index in [1.165, 1.54) is 0 Å². The molecule has 5 heteroatoms. The number of rotatable bonds is 3. The molecule has 0 aromatic carbocycles. The molecule has 15 heavy (non-hydrogen) atoms. The maximum absolute atomic E-state index is 11.7. The number of carbonyl (C=O) groups excluding carboxylic acids is 2. The smallest absolute Gasteiger partial charge is 0.332 e. The summed E-state index contributed by atoms with van der Waals surface area (Å²) in [5, 5.41) is 8.60. The lowest BCUT2D eigenvalue weighted by Gasteiger charge is -2.17. The van der Waals surface area contributed by atoms with Gasteiger partial charge in [0, 0.05) is 12.0 Å². The number of nitrogens with zero attached hydrogens (tertiary/aromatic N) is 1. The maximum Gasteiger partial charge on any atom is 0.332 e. The van der Waals surface area contributed by atoms with Crippen LogP contribution in [0.4, 0.5) is 0 Å². The van der Waals surface area contributed by atoms with Crippen LogP contribution in [0, 0.1) is 5.41 Å². The van der Waals surface area contributed by atoms with Crippen molar-refractivity contribution in [3.05, 3.63) is 12.2 Å². The molecule has 1 aliphatic rings. The summed E-state index contributed by atoms with van der Waals surface area (Å²) in [6.07, 6.45) is 0.124. The summed E-state index contributed by atoms with van der Waals surface area (Å²) in [7, 11) is 0. The average Bonchev–Trinajstić information content (AvgIpc) is 2.27. The molecule has 0 aliphatic carbocycles. The predicted molar refractivity (Wildman–Crippen MR) is 51.9 cm³/mol. The molecule has 0 saturated carbocycles. The van der Waals surface area contributed by atoms with Gasteiger partial charge in [0.1, 0.15) is 0 Å². The van der Waals surface area contributed by atoms with Gasteiger partial charge in [-0.15, -0.1) is 0 Å². The van der Waals surface area contributed by atoms with Gasteiger partial charge in [-0.05, 0) is 0 Å². The number of amides is 2. The highest BCUT2D eigenvalue weighted by molar-refractivity contribution is 6.06. The highest BCUT2D eigenvalue weighted by Crippen LogP contribution is 2.31. The van der Waals surface area contributed by atoms with Crippen molar-refractivity contribution in [2.24, 2.45) is 5.41 Å². The van der Waals surface area contributed by atoms with Crippen molar-refractivity contribution in [3.63, 3.8) is 0 Å². The first kappa shape index (κ1) is 11.4. The Morgan fingerprint density at radius 3 is 2.40 bits per heavy atom. The lowest BCUT2D eigenvalue weighted by atomic mass is 9.92. The summed E-state index contributed by atoms with van der Waals surface area (Å²) in [5.74, 6) is -1.87. The van der Waals surface area contributed by atoms with E-state index >= 15 is 0 Å². The highest BCUT2D eigenvalue weighted by Gasteiger charge is 2.44. The number of aliphatic carboxylic acids is 1. The summed E-state index contributed by atoms with van der Waals surface area (Å²) in [4.78, 5) is 34.6. The Balaban J connectivity index is 2.81. The van der Waals surface area contributed by atoms with Crippen LogP contribution in [0.2, 0.25) is 0 Å². The second-order valence-electron chi connectivity index (χ2n) is 4.25. The van der Waals surface area contributed by atoms with Crippen molar-refractivity contribution in [1.82, 2.24) is 4.90 Å². The summed E-state index contributed by atoms with van der Waals surface area (Å²) >= 11 is 0. The molecule has 1 fully saturated rings. The van der Waals surface area contributed by atoms with Gasteiger partial charge in [-0.25, -0.2) is 4.79 Å². The van der Waals surface area contributed by atoms with Crippen LogP contribution in [0.1, 0.15) is 20.3 Å². The molecule has 0 spiro atoms. The molecule has 0 aromatic rings. The van der Waals surface area contributed by atoms with Crippen molar-refractivity contribution in [2.75, 3.05) is 6.54 Å². The molecular weight excluding hydrogens is 198 g/mol. The van der Waals surface area contributed by atoms with E-state index in [1.54, 1.807) is 13.8 Å². The zero-order chi connectivity index (χ0) is 11.8. The molecule has 1 heterocycles. The molecule has 0 atom stereocenters. The summed E-state index contributed by atoms with van der Waals surface area (Å²) in [5.41, 5.74) is -0.884. The van der Waals surface area contributed by atoms with Crippen LogP contribution in [-0.4, -0.2) is 34.3 Å². The van der Waals surface area contributed by atoms with Crippen molar-refractivity contribution in [2.45, 2.75) is 20.3 Å². The predicted octanol–water partition coefficient (Wildman–Crippen LogP) is 0.412. The Morgan fingerprint density at radius 1 is 1.53 bits per heavy atom. The number of hydrogen-bond acceptors (Lipinski definition) is 3. The molecule has 2 amide bonds. The maximum atomic E-state index is 11.7. The van der Waals surface area contributed by atoms with Crippen LogP contribution < -0.4 is 0 Å². The topological polar surface area (TPSA) is 74.7 Å². The van der Waals surface area contributed by atoms with Crippen molar-refractivity contribution < 1.29 is 19.5 Å². The van der Waals surface area contributed by atoms with Gasteiger partial charge in [0.05, 0.1) is 12.0 Å². The Kier molecular flexibility index (Phi) is 2.66. The standard InChI is InChI=1S/C10H13NO4/c1-6(8(13)14)5-11-7(12)4-10(2,3)9(11)15/h1,4-5H2,2-3H3,(H,13,14). The molecule has 0 unspecified atom stereocenters. The van der Waals surface area contributed by atoms with Gasteiger partial charge in [0.15, 0.2) is 0 Å². The number of likely N-dealkylation sites (tertiary alicyclic amines) is 1. The van der Waals surface area contributed by atoms with Crippen LogP contribution in [0.25, 0.3) is 0 Å². The molecule has 1 saturated heterocycles. The van der Waals surface area contributed by atoms with Gasteiger partial charge in [0.2, 0.25) is 11.8 Å². The minimum absolute atomic E-state index is 0.124. The van der Waals surface area contributed by atoms with E-state index < -0.39 is 11.4 Å². The fourth-order valence-corrected chi connectivity index (χ4v) is 1.45. The first-order valence-corrected chi connectivity index (χ1v) is 4.51. The van der Waals surface area contributed by atoms with Gasteiger partial charge in [-0.1, -0.05) is 20.4 Å². The van der Waals surface area contributed by atoms with E-state index in [0.29, 0.717) is 0 Å². The molecule has 1 rings (SSSR count). The fourth-order valence-electron chi connectivity index (χ4n) is 1.45. The SMILES string of the molecule is C=C(CN1C(=O)CC(C)(C)C1=O)C(=O)O. The van der Waals surface area contributed by atoms with Crippen LogP contribution in [0.5, 0.6) is 0 Å². The van der Waals surface area contributed by atoms with E-state index in [9.17, 15) is 14.4 Å². The monoisotopic (exact) mass is 211 g/mol. The number of carboxylic acids is 1. The van der Waals surface area contributed by atoms with E-state index in [1.807, 2.05) is 0 Å². The van der Waals surface area contributed by atoms with Gasteiger partial charge in [-0.3, -0.25) is 14.5 Å². The summed E-state index contributed by atoms with van der Waals surface area (Å²) < 4.78 is 0. The van der Waals surface area contributed by atoms with Gasteiger partial charge >= 0.3 is 5.97 Å². The first-order valence-electron chi connectivity index (χ1n) is 4.51. The Morgan fingerprint density at radius 2 is 2.07 bits per heavy atom. The van der Waals surface area contributed by atoms with Crippen LogP contribution >= 0.6 is 0 Å². The third kappa shape index (κ3) is 2.06. The second-order valence-corrected chi connectivity index (χ2v) is 4.25. The van der Waals surface area contributed by atoms with E-state index in [-0.39, 0.29) is 30.4 Å². The average molecular weight is 211 g/mol. The van der Waals surface area contributed by atoms with E-state index in [0.717, 1.165) is 4.90 Å². The van der Waals surface area contributed by atoms with Gasteiger partial charge in [0.25, 0.3) is 0 Å². The number of carboxylic acid groups (broad SMARTS) is 1. The quantitative estimate of drug-likeness (QED) is 0.542. The number of hydrogen-bond donors (Lipinski definition) is 1. The third-order valence-corrected chi connectivity index (χ3v) is 2.37. The van der Waals surface area contributed by atoms with Gasteiger partial charge < -0.3 is 5.11 Å². The molecule has 0 bridgehead atoms. The zero-order valence-corrected chi connectivity index (χ0v) is 8.74. The van der Waals surface area contributed by atoms with Crippen molar-refractivity contribution in [3.8, 4) is 0 Å². The summed E-state index contributed by atoms with van der Waals surface area (Å²) in [6.45, 7) is 6.39. The largest absolute Gasteiger partial charge is 0.478 e. The molecule has 0 aromatic heterocycles. The minimum atomic E-state index is -1.19. The molecule has 1 N–H and O–H groups in total. The fraction of sp³-hybridized carbons (Fsp3) is 0.500. The van der Waals surface area contributed by atoms with Crippen molar-refractivity contribution >= 4 is 17.8 Å². The first-order chi connectivity index (χ1) is 6.75.